The van der Waals surface area contributed by atoms with Crippen LogP contribution in [0.25, 0.3) is 0 Å². The first-order valence-electron chi connectivity index (χ1n) is 6.24. The van der Waals surface area contributed by atoms with E-state index in [9.17, 15) is 4.79 Å². The Labute approximate surface area is 101 Å². The number of ether oxygens (including phenoxy) is 1. The maximum absolute atomic E-state index is 11.2. The fourth-order valence-electron chi connectivity index (χ4n) is 2.86. The lowest BCUT2D eigenvalue weighted by Gasteiger charge is -2.22. The van der Waals surface area contributed by atoms with E-state index in [0.717, 1.165) is 32.5 Å². The zero-order chi connectivity index (χ0) is 11.7. The highest BCUT2D eigenvalue weighted by Crippen LogP contribution is 2.35. The third-order valence-electron chi connectivity index (χ3n) is 3.76. The topological polar surface area (TPSA) is 29.5 Å². The van der Waals surface area contributed by atoms with Crippen LogP contribution in [0.4, 0.5) is 0 Å². The fourth-order valence-corrected chi connectivity index (χ4v) is 2.86. The lowest BCUT2D eigenvalue weighted by Crippen LogP contribution is -2.32. The van der Waals surface area contributed by atoms with Crippen LogP contribution in [0, 0.1) is 0 Å². The molecule has 0 saturated carbocycles. The number of hydrogen-bond donors (Lipinski definition) is 0. The SMILES string of the molecule is O=C1CC[C@@]2(CCN(Cc3ccccc3)C2)O1. The normalized spacial score (nSPS) is 28.8. The molecule has 3 rings (SSSR count). The van der Waals surface area contributed by atoms with Gasteiger partial charge in [0.05, 0.1) is 0 Å². The predicted octanol–water partition coefficient (Wildman–Crippen LogP) is 1.97. The second kappa shape index (κ2) is 4.15. The summed E-state index contributed by atoms with van der Waals surface area (Å²) >= 11 is 0. The molecule has 0 aromatic heterocycles. The molecule has 0 radical (unpaired) electrons. The van der Waals surface area contributed by atoms with Crippen LogP contribution in [0.3, 0.4) is 0 Å². The summed E-state index contributed by atoms with van der Waals surface area (Å²) < 4.78 is 5.50. The van der Waals surface area contributed by atoms with Crippen molar-refractivity contribution in [2.45, 2.75) is 31.4 Å². The van der Waals surface area contributed by atoms with Crippen molar-refractivity contribution in [3.63, 3.8) is 0 Å². The molecule has 3 heteroatoms. The summed E-state index contributed by atoms with van der Waals surface area (Å²) in [5.74, 6) is -0.0217. The number of hydrogen-bond acceptors (Lipinski definition) is 3. The number of esters is 1. The largest absolute Gasteiger partial charge is 0.458 e. The molecule has 1 spiro atoms. The Balaban J connectivity index is 1.63. The molecule has 17 heavy (non-hydrogen) atoms. The first kappa shape index (κ1) is 10.8. The van der Waals surface area contributed by atoms with Crippen LogP contribution in [-0.2, 0) is 16.1 Å². The number of nitrogens with zero attached hydrogens (tertiary/aromatic N) is 1. The monoisotopic (exact) mass is 231 g/mol. The van der Waals surface area contributed by atoms with Gasteiger partial charge >= 0.3 is 5.97 Å². The van der Waals surface area contributed by atoms with Gasteiger partial charge in [-0.05, 0) is 12.0 Å². The maximum Gasteiger partial charge on any atom is 0.306 e. The predicted molar refractivity (Wildman–Crippen MR) is 64.4 cm³/mol. The third kappa shape index (κ3) is 2.20. The second-order valence-corrected chi connectivity index (χ2v) is 5.10. The van der Waals surface area contributed by atoms with Gasteiger partial charge in [0.2, 0.25) is 0 Å². The zero-order valence-corrected chi connectivity index (χ0v) is 9.89. The van der Waals surface area contributed by atoms with Gasteiger partial charge < -0.3 is 4.74 Å². The van der Waals surface area contributed by atoms with E-state index < -0.39 is 0 Å². The number of likely N-dealkylation sites (tertiary alicyclic amines) is 1. The van der Waals surface area contributed by atoms with Crippen molar-refractivity contribution in [2.24, 2.45) is 0 Å². The van der Waals surface area contributed by atoms with Gasteiger partial charge in [0.1, 0.15) is 5.60 Å². The molecule has 0 amide bonds. The van der Waals surface area contributed by atoms with Gasteiger partial charge in [0.25, 0.3) is 0 Å². The van der Waals surface area contributed by atoms with E-state index in [1.807, 2.05) is 6.07 Å². The second-order valence-electron chi connectivity index (χ2n) is 5.10. The Morgan fingerprint density at radius 1 is 1.24 bits per heavy atom. The number of rotatable bonds is 2. The number of benzene rings is 1. The number of carbonyl (C=O) groups is 1. The molecule has 1 aromatic carbocycles. The van der Waals surface area contributed by atoms with Crippen molar-refractivity contribution >= 4 is 5.97 Å². The van der Waals surface area contributed by atoms with E-state index in [2.05, 4.69) is 29.2 Å². The lowest BCUT2D eigenvalue weighted by molar-refractivity contribution is -0.147. The number of carbonyl (C=O) groups excluding carboxylic acids is 1. The molecule has 2 heterocycles. The molecule has 2 saturated heterocycles. The van der Waals surface area contributed by atoms with Crippen LogP contribution in [0.2, 0.25) is 0 Å². The quantitative estimate of drug-likeness (QED) is 0.729. The van der Waals surface area contributed by atoms with Crippen LogP contribution in [-0.4, -0.2) is 29.6 Å². The molecule has 90 valence electrons. The molecule has 1 aromatic rings. The minimum Gasteiger partial charge on any atom is -0.458 e. The molecular formula is C14H17NO2. The van der Waals surface area contributed by atoms with Crippen molar-refractivity contribution in [3.05, 3.63) is 35.9 Å². The smallest absolute Gasteiger partial charge is 0.306 e. The summed E-state index contributed by atoms with van der Waals surface area (Å²) in [7, 11) is 0. The first-order valence-corrected chi connectivity index (χ1v) is 6.24. The Morgan fingerprint density at radius 3 is 2.76 bits per heavy atom. The third-order valence-corrected chi connectivity index (χ3v) is 3.76. The van der Waals surface area contributed by atoms with E-state index in [-0.39, 0.29) is 11.6 Å². The molecule has 0 unspecified atom stereocenters. The van der Waals surface area contributed by atoms with Crippen LogP contribution >= 0.6 is 0 Å². The molecule has 0 bridgehead atoms. The Hall–Kier alpha value is -1.35. The highest BCUT2D eigenvalue weighted by Gasteiger charge is 2.45. The van der Waals surface area contributed by atoms with E-state index in [1.165, 1.54) is 5.56 Å². The zero-order valence-electron chi connectivity index (χ0n) is 9.89. The highest BCUT2D eigenvalue weighted by molar-refractivity contribution is 5.72. The standard InChI is InChI=1S/C14H17NO2/c16-13-6-7-14(17-13)8-9-15(11-14)10-12-4-2-1-3-5-12/h1-5H,6-11H2/t14-/m0/s1. The fraction of sp³-hybridized carbons (Fsp3) is 0.500. The van der Waals surface area contributed by atoms with E-state index in [1.54, 1.807) is 0 Å². The molecule has 0 aliphatic carbocycles. The average molecular weight is 231 g/mol. The van der Waals surface area contributed by atoms with Crippen LogP contribution < -0.4 is 0 Å². The Bertz CT molecular complexity index is 417. The lowest BCUT2D eigenvalue weighted by atomic mass is 10.00. The minimum absolute atomic E-state index is 0.0217. The average Bonchev–Trinajstić information content (AvgIpc) is 2.88. The molecule has 2 aliphatic rings. The van der Waals surface area contributed by atoms with Crippen molar-refractivity contribution in [2.75, 3.05) is 13.1 Å². The molecule has 1 atom stereocenters. The Kier molecular flexibility index (Phi) is 2.63. The Morgan fingerprint density at radius 2 is 2.06 bits per heavy atom. The van der Waals surface area contributed by atoms with Gasteiger partial charge in [0, 0.05) is 32.5 Å². The van der Waals surface area contributed by atoms with E-state index in [0.29, 0.717) is 6.42 Å². The van der Waals surface area contributed by atoms with E-state index in [4.69, 9.17) is 4.74 Å². The van der Waals surface area contributed by atoms with Crippen molar-refractivity contribution < 1.29 is 9.53 Å². The maximum atomic E-state index is 11.2. The van der Waals surface area contributed by atoms with Crippen LogP contribution in [0.1, 0.15) is 24.8 Å². The van der Waals surface area contributed by atoms with Crippen LogP contribution in [0.15, 0.2) is 30.3 Å². The summed E-state index contributed by atoms with van der Waals surface area (Å²) in [5.41, 5.74) is 1.17. The van der Waals surface area contributed by atoms with Gasteiger partial charge in [-0.2, -0.15) is 0 Å². The van der Waals surface area contributed by atoms with Crippen molar-refractivity contribution in [1.82, 2.24) is 4.90 Å². The molecule has 2 aliphatic heterocycles. The first-order chi connectivity index (χ1) is 8.26. The molecule has 2 fully saturated rings. The van der Waals surface area contributed by atoms with Gasteiger partial charge in [-0.25, -0.2) is 0 Å². The summed E-state index contributed by atoms with van der Waals surface area (Å²) in [6.07, 6.45) is 2.49. The summed E-state index contributed by atoms with van der Waals surface area (Å²) in [4.78, 5) is 13.6. The van der Waals surface area contributed by atoms with Crippen molar-refractivity contribution in [3.8, 4) is 0 Å². The van der Waals surface area contributed by atoms with Crippen molar-refractivity contribution in [1.29, 1.82) is 0 Å². The summed E-state index contributed by atoms with van der Waals surface area (Å²) in [6.45, 7) is 2.88. The highest BCUT2D eigenvalue weighted by atomic mass is 16.6. The van der Waals surface area contributed by atoms with Gasteiger partial charge in [-0.1, -0.05) is 30.3 Å². The van der Waals surface area contributed by atoms with Gasteiger partial charge in [0.15, 0.2) is 0 Å². The summed E-state index contributed by atoms with van der Waals surface area (Å²) in [5, 5.41) is 0. The van der Waals surface area contributed by atoms with Gasteiger partial charge in [-0.15, -0.1) is 0 Å². The molecular weight excluding hydrogens is 214 g/mol. The summed E-state index contributed by atoms with van der Waals surface area (Å²) in [6, 6.07) is 10.5. The minimum atomic E-state index is -0.161. The molecule has 3 nitrogen and oxygen atoms in total. The van der Waals surface area contributed by atoms with Crippen LogP contribution in [0.5, 0.6) is 0 Å². The van der Waals surface area contributed by atoms with Gasteiger partial charge in [-0.3, -0.25) is 9.69 Å². The van der Waals surface area contributed by atoms with E-state index >= 15 is 0 Å². The molecule has 0 N–H and O–H groups in total.